The van der Waals surface area contributed by atoms with Crippen LogP contribution in [0, 0.1) is 6.92 Å². The van der Waals surface area contributed by atoms with Gasteiger partial charge in [-0.05, 0) is 72.1 Å². The van der Waals surface area contributed by atoms with Crippen molar-refractivity contribution in [3.8, 4) is 23.1 Å². The SMILES string of the molecule is Cc1cc(NC(=O)C(=O)N2CCN(Cc3ccc4c(c3)OCO4)CC2)ccc1Oc1ccc(N(C)Cc2ccc(C(F)(F)F)cc2)cn1. The molecule has 0 spiro atoms. The van der Waals surface area contributed by atoms with Crippen molar-refractivity contribution in [1.82, 2.24) is 14.8 Å². The lowest BCUT2D eigenvalue weighted by molar-refractivity contribution is -0.144. The van der Waals surface area contributed by atoms with E-state index in [0.29, 0.717) is 56.6 Å². The number of amides is 2. The van der Waals surface area contributed by atoms with Crippen molar-refractivity contribution in [2.75, 3.05) is 50.2 Å². The average molecular weight is 662 g/mol. The smallest absolute Gasteiger partial charge is 0.416 e. The monoisotopic (exact) mass is 661 g/mol. The molecule has 1 aromatic heterocycles. The van der Waals surface area contributed by atoms with E-state index in [2.05, 4.69) is 15.2 Å². The first-order valence-corrected chi connectivity index (χ1v) is 15.3. The summed E-state index contributed by atoms with van der Waals surface area (Å²) >= 11 is 0. The first-order valence-electron chi connectivity index (χ1n) is 15.3. The Balaban J connectivity index is 0.970. The third-order valence-corrected chi connectivity index (χ3v) is 8.21. The quantitative estimate of drug-likeness (QED) is 0.235. The second-order valence-electron chi connectivity index (χ2n) is 11.7. The summed E-state index contributed by atoms with van der Waals surface area (Å²) in [5.74, 6) is 1.06. The van der Waals surface area contributed by atoms with Gasteiger partial charge in [-0.3, -0.25) is 14.5 Å². The number of carbonyl (C=O) groups excluding carboxylic acids is 2. The van der Waals surface area contributed by atoms with Gasteiger partial charge in [0.1, 0.15) is 5.75 Å². The number of fused-ring (bicyclic) bond motifs is 1. The van der Waals surface area contributed by atoms with Gasteiger partial charge < -0.3 is 29.3 Å². The summed E-state index contributed by atoms with van der Waals surface area (Å²) in [6, 6.07) is 19.5. The fourth-order valence-electron chi connectivity index (χ4n) is 5.51. The lowest BCUT2D eigenvalue weighted by Crippen LogP contribution is -2.51. The van der Waals surface area contributed by atoms with E-state index in [1.807, 2.05) is 37.1 Å². The van der Waals surface area contributed by atoms with Crippen molar-refractivity contribution in [2.45, 2.75) is 26.2 Å². The van der Waals surface area contributed by atoms with Gasteiger partial charge in [0.05, 0.1) is 17.4 Å². The molecule has 6 rings (SSSR count). The number of benzene rings is 3. The fraction of sp³-hybridized carbons (Fsp3) is 0.286. The highest BCUT2D eigenvalue weighted by Gasteiger charge is 2.30. The number of anilines is 2. The number of alkyl halides is 3. The Morgan fingerprint density at radius 2 is 1.65 bits per heavy atom. The first-order chi connectivity index (χ1) is 23.0. The number of aromatic nitrogens is 1. The molecule has 0 unspecified atom stereocenters. The molecule has 0 radical (unpaired) electrons. The molecule has 4 aromatic rings. The molecule has 13 heteroatoms. The standard InChI is InChI=1S/C35H34F3N5O5/c1-23-17-27(40-33(44)34(45)43-15-13-42(14-16-43)21-25-5-10-30-31(18-25)47-22-46-30)8-11-29(23)48-32-12-9-28(19-39-32)41(2)20-24-3-6-26(7-4-24)35(36,37)38/h3-12,17-19H,13-16,20-22H2,1-2H3,(H,40,44). The molecule has 250 valence electrons. The van der Waals surface area contributed by atoms with Crippen LogP contribution in [0.5, 0.6) is 23.1 Å². The Morgan fingerprint density at radius 3 is 2.33 bits per heavy atom. The Bertz CT molecular complexity index is 1780. The van der Waals surface area contributed by atoms with Gasteiger partial charge >= 0.3 is 18.0 Å². The van der Waals surface area contributed by atoms with Crippen LogP contribution in [0.2, 0.25) is 0 Å². The Hall–Kier alpha value is -5.30. The maximum atomic E-state index is 12.9. The highest BCUT2D eigenvalue weighted by molar-refractivity contribution is 6.39. The van der Waals surface area contributed by atoms with Gasteiger partial charge in [-0.25, -0.2) is 4.98 Å². The zero-order chi connectivity index (χ0) is 33.8. The van der Waals surface area contributed by atoms with E-state index >= 15 is 0 Å². The molecule has 48 heavy (non-hydrogen) atoms. The summed E-state index contributed by atoms with van der Waals surface area (Å²) in [6.07, 6.45) is -2.75. The Labute approximate surface area is 275 Å². The van der Waals surface area contributed by atoms with Crippen LogP contribution in [0.15, 0.2) is 79.0 Å². The second-order valence-corrected chi connectivity index (χ2v) is 11.7. The number of hydrogen-bond donors (Lipinski definition) is 1. The van der Waals surface area contributed by atoms with E-state index in [1.165, 1.54) is 12.1 Å². The van der Waals surface area contributed by atoms with Gasteiger partial charge in [0, 0.05) is 58.1 Å². The van der Waals surface area contributed by atoms with Gasteiger partial charge in [-0.1, -0.05) is 18.2 Å². The molecule has 2 amide bonds. The second kappa shape index (κ2) is 13.8. The molecule has 0 saturated carbocycles. The van der Waals surface area contributed by atoms with Gasteiger partial charge in [-0.15, -0.1) is 0 Å². The Morgan fingerprint density at radius 1 is 0.917 bits per heavy atom. The minimum absolute atomic E-state index is 0.228. The molecular weight excluding hydrogens is 627 g/mol. The molecule has 3 heterocycles. The minimum Gasteiger partial charge on any atom is -0.454 e. The summed E-state index contributed by atoms with van der Waals surface area (Å²) in [6.45, 7) is 5.32. The van der Waals surface area contributed by atoms with Gasteiger partial charge in [0.25, 0.3) is 0 Å². The molecule has 10 nitrogen and oxygen atoms in total. The van der Waals surface area contributed by atoms with Gasteiger partial charge in [0.2, 0.25) is 12.7 Å². The highest BCUT2D eigenvalue weighted by Crippen LogP contribution is 2.33. The summed E-state index contributed by atoms with van der Waals surface area (Å²) < 4.78 is 55.3. The fourth-order valence-corrected chi connectivity index (χ4v) is 5.51. The van der Waals surface area contributed by atoms with Crippen LogP contribution in [0.4, 0.5) is 24.5 Å². The number of hydrogen-bond acceptors (Lipinski definition) is 8. The Kier molecular flexibility index (Phi) is 9.40. The third kappa shape index (κ3) is 7.80. The van der Waals surface area contributed by atoms with E-state index in [9.17, 15) is 22.8 Å². The topological polar surface area (TPSA) is 96.5 Å². The molecule has 1 N–H and O–H groups in total. The lowest BCUT2D eigenvalue weighted by Gasteiger charge is -2.34. The summed E-state index contributed by atoms with van der Waals surface area (Å²) in [4.78, 5) is 35.7. The van der Waals surface area contributed by atoms with Crippen LogP contribution in [0.3, 0.4) is 0 Å². The van der Waals surface area contributed by atoms with Crippen molar-refractivity contribution in [3.63, 3.8) is 0 Å². The predicted molar refractivity (Wildman–Crippen MR) is 172 cm³/mol. The predicted octanol–water partition coefficient (Wildman–Crippen LogP) is 5.85. The number of halogens is 3. The molecular formula is C35H34F3N5O5. The van der Waals surface area contributed by atoms with Gasteiger partial charge in [0.15, 0.2) is 11.5 Å². The molecule has 2 aliphatic heterocycles. The molecule has 2 aliphatic rings. The number of rotatable bonds is 8. The minimum atomic E-state index is -4.37. The van der Waals surface area contributed by atoms with Crippen molar-refractivity contribution in [2.24, 2.45) is 0 Å². The average Bonchev–Trinajstić information content (AvgIpc) is 3.54. The van der Waals surface area contributed by atoms with Crippen LogP contribution >= 0.6 is 0 Å². The molecule has 0 bridgehead atoms. The highest BCUT2D eigenvalue weighted by atomic mass is 19.4. The van der Waals surface area contributed by atoms with E-state index in [-0.39, 0.29) is 6.79 Å². The summed E-state index contributed by atoms with van der Waals surface area (Å²) in [5.41, 5.74) is 3.08. The van der Waals surface area contributed by atoms with Crippen LogP contribution in [-0.2, 0) is 28.9 Å². The molecule has 1 fully saturated rings. The molecule has 0 aliphatic carbocycles. The van der Waals surface area contributed by atoms with Crippen LogP contribution in [-0.4, -0.2) is 66.6 Å². The largest absolute Gasteiger partial charge is 0.454 e. The van der Waals surface area contributed by atoms with Crippen LogP contribution < -0.4 is 24.4 Å². The molecule has 3 aromatic carbocycles. The van der Waals surface area contributed by atoms with Crippen molar-refractivity contribution >= 4 is 23.2 Å². The van der Waals surface area contributed by atoms with Crippen molar-refractivity contribution in [1.29, 1.82) is 0 Å². The van der Waals surface area contributed by atoms with Crippen molar-refractivity contribution in [3.05, 3.63) is 101 Å². The number of nitrogens with one attached hydrogen (secondary N) is 1. The molecule has 1 saturated heterocycles. The zero-order valence-corrected chi connectivity index (χ0v) is 26.4. The zero-order valence-electron chi connectivity index (χ0n) is 26.4. The summed E-state index contributed by atoms with van der Waals surface area (Å²) in [7, 11) is 1.82. The normalized spacial score (nSPS) is 14.5. The third-order valence-electron chi connectivity index (χ3n) is 8.21. The number of nitrogens with zero attached hydrogens (tertiary/aromatic N) is 4. The van der Waals surface area contributed by atoms with Crippen molar-refractivity contribution < 1.29 is 37.0 Å². The lowest BCUT2D eigenvalue weighted by atomic mass is 10.1. The maximum absolute atomic E-state index is 12.9. The van der Waals surface area contributed by atoms with E-state index < -0.39 is 23.6 Å². The number of piperazine rings is 1. The maximum Gasteiger partial charge on any atom is 0.416 e. The van der Waals surface area contributed by atoms with Crippen LogP contribution in [0.1, 0.15) is 22.3 Å². The van der Waals surface area contributed by atoms with Gasteiger partial charge in [-0.2, -0.15) is 13.2 Å². The number of pyridine rings is 1. The first kappa shape index (κ1) is 32.6. The molecule has 0 atom stereocenters. The number of aryl methyl sites for hydroxylation is 1. The number of ether oxygens (including phenoxy) is 3. The van der Waals surface area contributed by atoms with E-state index in [4.69, 9.17) is 14.2 Å². The number of carbonyl (C=O) groups is 2. The van der Waals surface area contributed by atoms with Crippen LogP contribution in [0.25, 0.3) is 0 Å². The summed E-state index contributed by atoms with van der Waals surface area (Å²) in [5, 5.41) is 2.69. The van der Waals surface area contributed by atoms with E-state index in [1.54, 1.807) is 41.4 Å². The van der Waals surface area contributed by atoms with E-state index in [0.717, 1.165) is 46.0 Å².